The fourth-order valence-electron chi connectivity index (χ4n) is 1.90. The third-order valence-electron chi connectivity index (χ3n) is 2.91. The van der Waals surface area contributed by atoms with Crippen molar-refractivity contribution in [1.82, 2.24) is 4.98 Å². The minimum atomic E-state index is -0.530. The van der Waals surface area contributed by atoms with E-state index < -0.39 is 10.8 Å². The SMILES string of the molecule is O=C(Nc1ccc2scnc2c1)c1cccc([N+](=O)[O-])c1. The lowest BCUT2D eigenvalue weighted by molar-refractivity contribution is -0.384. The van der Waals surface area contributed by atoms with E-state index in [9.17, 15) is 14.9 Å². The highest BCUT2D eigenvalue weighted by Crippen LogP contribution is 2.22. The number of nitrogens with one attached hydrogen (secondary N) is 1. The standard InChI is InChI=1S/C14H9N3O3S/c18-14(9-2-1-3-11(6-9)17(19)20)16-10-4-5-13-12(7-10)15-8-21-13/h1-8H,(H,16,18). The summed E-state index contributed by atoms with van der Waals surface area (Å²) < 4.78 is 1.03. The molecule has 1 N–H and O–H groups in total. The van der Waals surface area contributed by atoms with Crippen LogP contribution < -0.4 is 5.32 Å². The molecular weight excluding hydrogens is 290 g/mol. The summed E-state index contributed by atoms with van der Waals surface area (Å²) in [5, 5.41) is 13.4. The van der Waals surface area contributed by atoms with Gasteiger partial charge in [0.05, 0.1) is 20.7 Å². The van der Waals surface area contributed by atoms with Crippen molar-refractivity contribution in [2.45, 2.75) is 0 Å². The van der Waals surface area contributed by atoms with Crippen LogP contribution in [0, 0.1) is 10.1 Å². The molecule has 0 unspecified atom stereocenters. The van der Waals surface area contributed by atoms with Crippen LogP contribution in [0.3, 0.4) is 0 Å². The number of nitro groups is 1. The quantitative estimate of drug-likeness (QED) is 0.593. The Balaban J connectivity index is 1.85. The first-order chi connectivity index (χ1) is 10.1. The van der Waals surface area contributed by atoms with Gasteiger partial charge in [-0.1, -0.05) is 6.07 Å². The summed E-state index contributed by atoms with van der Waals surface area (Å²) >= 11 is 1.52. The average molecular weight is 299 g/mol. The number of non-ortho nitro benzene ring substituents is 1. The summed E-state index contributed by atoms with van der Waals surface area (Å²) in [6.07, 6.45) is 0. The van der Waals surface area contributed by atoms with Crippen LogP contribution in [0.2, 0.25) is 0 Å². The molecule has 0 fully saturated rings. The molecule has 0 bridgehead atoms. The fourth-order valence-corrected chi connectivity index (χ4v) is 2.56. The topological polar surface area (TPSA) is 85.1 Å². The zero-order valence-electron chi connectivity index (χ0n) is 10.6. The number of anilines is 1. The maximum absolute atomic E-state index is 12.1. The molecule has 0 aliphatic heterocycles. The van der Waals surface area contributed by atoms with Gasteiger partial charge in [0.25, 0.3) is 11.6 Å². The number of thiazole rings is 1. The summed E-state index contributed by atoms with van der Waals surface area (Å²) in [7, 11) is 0. The molecule has 21 heavy (non-hydrogen) atoms. The molecule has 0 saturated heterocycles. The van der Waals surface area contributed by atoms with Gasteiger partial charge in [0, 0.05) is 23.4 Å². The molecular formula is C14H9N3O3S. The van der Waals surface area contributed by atoms with E-state index in [1.807, 2.05) is 6.07 Å². The largest absolute Gasteiger partial charge is 0.322 e. The molecule has 2 aromatic carbocycles. The maximum atomic E-state index is 12.1. The Labute approximate surface area is 123 Å². The van der Waals surface area contributed by atoms with Crippen LogP contribution in [-0.2, 0) is 0 Å². The Bertz CT molecular complexity index is 844. The maximum Gasteiger partial charge on any atom is 0.270 e. The zero-order valence-corrected chi connectivity index (χ0v) is 11.5. The highest BCUT2D eigenvalue weighted by molar-refractivity contribution is 7.16. The van der Waals surface area contributed by atoms with Gasteiger partial charge < -0.3 is 5.32 Å². The summed E-state index contributed by atoms with van der Waals surface area (Å²) in [5.41, 5.74) is 3.26. The van der Waals surface area contributed by atoms with E-state index in [1.54, 1.807) is 17.6 Å². The van der Waals surface area contributed by atoms with Crippen LogP contribution in [0.15, 0.2) is 48.0 Å². The van der Waals surface area contributed by atoms with Crippen LogP contribution in [-0.4, -0.2) is 15.8 Å². The highest BCUT2D eigenvalue weighted by Gasteiger charge is 2.12. The van der Waals surface area contributed by atoms with Crippen LogP contribution in [0.5, 0.6) is 0 Å². The number of hydrogen-bond acceptors (Lipinski definition) is 5. The number of carbonyl (C=O) groups excluding carboxylic acids is 1. The normalized spacial score (nSPS) is 10.5. The van der Waals surface area contributed by atoms with Gasteiger partial charge in [-0.15, -0.1) is 11.3 Å². The number of amides is 1. The number of benzene rings is 2. The summed E-state index contributed by atoms with van der Waals surface area (Å²) in [6.45, 7) is 0. The lowest BCUT2D eigenvalue weighted by Gasteiger charge is -2.05. The van der Waals surface area contributed by atoms with E-state index in [1.165, 1.54) is 35.6 Å². The van der Waals surface area contributed by atoms with Crippen molar-refractivity contribution >= 4 is 38.8 Å². The molecule has 1 heterocycles. The minimum absolute atomic E-state index is 0.113. The van der Waals surface area contributed by atoms with E-state index in [0.29, 0.717) is 5.69 Å². The molecule has 7 heteroatoms. The van der Waals surface area contributed by atoms with Crippen LogP contribution in [0.1, 0.15) is 10.4 Å². The van der Waals surface area contributed by atoms with E-state index in [4.69, 9.17) is 0 Å². The molecule has 0 atom stereocenters. The Kier molecular flexibility index (Phi) is 3.33. The highest BCUT2D eigenvalue weighted by atomic mass is 32.1. The fraction of sp³-hybridized carbons (Fsp3) is 0. The van der Waals surface area contributed by atoms with Crippen molar-refractivity contribution < 1.29 is 9.72 Å². The van der Waals surface area contributed by atoms with E-state index in [-0.39, 0.29) is 11.3 Å². The second-order valence-electron chi connectivity index (χ2n) is 4.30. The van der Waals surface area contributed by atoms with Crippen molar-refractivity contribution in [1.29, 1.82) is 0 Å². The smallest absolute Gasteiger partial charge is 0.270 e. The molecule has 1 amide bonds. The minimum Gasteiger partial charge on any atom is -0.322 e. The Morgan fingerprint density at radius 3 is 2.90 bits per heavy atom. The first-order valence-corrected chi connectivity index (χ1v) is 6.90. The van der Waals surface area contributed by atoms with E-state index in [2.05, 4.69) is 10.3 Å². The predicted molar refractivity (Wildman–Crippen MR) is 80.7 cm³/mol. The molecule has 0 radical (unpaired) electrons. The third-order valence-corrected chi connectivity index (χ3v) is 3.72. The average Bonchev–Trinajstić information content (AvgIpc) is 2.95. The van der Waals surface area contributed by atoms with Gasteiger partial charge >= 0.3 is 0 Å². The molecule has 104 valence electrons. The molecule has 0 spiro atoms. The summed E-state index contributed by atoms with van der Waals surface area (Å²) in [4.78, 5) is 26.5. The number of nitrogens with zero attached hydrogens (tertiary/aromatic N) is 2. The van der Waals surface area contributed by atoms with Crippen molar-refractivity contribution in [3.63, 3.8) is 0 Å². The van der Waals surface area contributed by atoms with Gasteiger partial charge in [-0.05, 0) is 24.3 Å². The van der Waals surface area contributed by atoms with Crippen molar-refractivity contribution in [3.8, 4) is 0 Å². The van der Waals surface area contributed by atoms with E-state index in [0.717, 1.165) is 10.2 Å². The molecule has 0 saturated carbocycles. The number of aromatic nitrogens is 1. The van der Waals surface area contributed by atoms with Gasteiger partial charge in [0.15, 0.2) is 0 Å². The van der Waals surface area contributed by atoms with Crippen molar-refractivity contribution in [3.05, 3.63) is 63.7 Å². The lowest BCUT2D eigenvalue weighted by Crippen LogP contribution is -2.11. The van der Waals surface area contributed by atoms with Gasteiger partial charge in [-0.25, -0.2) is 4.98 Å². The van der Waals surface area contributed by atoms with Gasteiger partial charge in [0.2, 0.25) is 0 Å². The lowest BCUT2D eigenvalue weighted by atomic mass is 10.2. The van der Waals surface area contributed by atoms with Crippen LogP contribution in [0.4, 0.5) is 11.4 Å². The summed E-state index contributed by atoms with van der Waals surface area (Å²) in [5.74, 6) is -0.395. The number of carbonyl (C=O) groups is 1. The van der Waals surface area contributed by atoms with Crippen LogP contribution >= 0.6 is 11.3 Å². The summed E-state index contributed by atoms with van der Waals surface area (Å²) in [6, 6.07) is 11.0. The second kappa shape index (κ2) is 5.29. The van der Waals surface area contributed by atoms with Gasteiger partial charge in [0.1, 0.15) is 0 Å². The van der Waals surface area contributed by atoms with E-state index >= 15 is 0 Å². The zero-order chi connectivity index (χ0) is 14.8. The molecule has 0 aliphatic rings. The Hall–Kier alpha value is -2.80. The molecule has 1 aromatic heterocycles. The first-order valence-electron chi connectivity index (χ1n) is 6.02. The van der Waals surface area contributed by atoms with Crippen molar-refractivity contribution in [2.75, 3.05) is 5.32 Å². The predicted octanol–water partition coefficient (Wildman–Crippen LogP) is 3.46. The first kappa shape index (κ1) is 13.2. The molecule has 6 nitrogen and oxygen atoms in total. The molecule has 3 rings (SSSR count). The van der Waals surface area contributed by atoms with Crippen LogP contribution in [0.25, 0.3) is 10.2 Å². The Morgan fingerprint density at radius 1 is 1.24 bits per heavy atom. The number of rotatable bonds is 3. The number of hydrogen-bond donors (Lipinski definition) is 1. The molecule has 0 aliphatic carbocycles. The molecule has 3 aromatic rings. The van der Waals surface area contributed by atoms with Gasteiger partial charge in [-0.2, -0.15) is 0 Å². The van der Waals surface area contributed by atoms with Crippen molar-refractivity contribution in [2.24, 2.45) is 0 Å². The second-order valence-corrected chi connectivity index (χ2v) is 5.18. The number of nitro benzene ring substituents is 1. The Morgan fingerprint density at radius 2 is 2.10 bits per heavy atom. The number of fused-ring (bicyclic) bond motifs is 1. The van der Waals surface area contributed by atoms with Gasteiger partial charge in [-0.3, -0.25) is 14.9 Å². The monoisotopic (exact) mass is 299 g/mol. The third kappa shape index (κ3) is 2.72.